The molecule has 0 aromatic heterocycles. The van der Waals surface area contributed by atoms with Crippen LogP contribution in [0.2, 0.25) is 0 Å². The van der Waals surface area contributed by atoms with Crippen LogP contribution in [0.5, 0.6) is 0 Å². The van der Waals surface area contributed by atoms with Gasteiger partial charge in [-0.1, -0.05) is 0 Å². The summed E-state index contributed by atoms with van der Waals surface area (Å²) in [7, 11) is 0. The van der Waals surface area contributed by atoms with Gasteiger partial charge in [-0.3, -0.25) is 0 Å². The molecule has 0 heterocycles. The Balaban J connectivity index is 2.21. The molecule has 1 fully saturated rings. The largest absolute Gasteiger partial charge is 0.478 e. The van der Waals surface area contributed by atoms with Crippen molar-refractivity contribution in [3.63, 3.8) is 0 Å². The van der Waals surface area contributed by atoms with E-state index in [9.17, 15) is 4.79 Å². The van der Waals surface area contributed by atoms with Crippen LogP contribution in [0.1, 0.15) is 23.2 Å². The molecule has 14 heavy (non-hydrogen) atoms. The van der Waals surface area contributed by atoms with Crippen molar-refractivity contribution in [1.29, 1.82) is 0 Å². The van der Waals surface area contributed by atoms with Crippen molar-refractivity contribution in [2.24, 2.45) is 0 Å². The predicted molar refractivity (Wildman–Crippen MR) is 57.7 cm³/mol. The van der Waals surface area contributed by atoms with Crippen LogP contribution in [0.15, 0.2) is 22.7 Å². The van der Waals surface area contributed by atoms with E-state index in [1.165, 1.54) is 12.8 Å². The number of carbonyl (C=O) groups is 1. The molecule has 1 aliphatic rings. The van der Waals surface area contributed by atoms with Gasteiger partial charge in [0.15, 0.2) is 0 Å². The highest BCUT2D eigenvalue weighted by atomic mass is 79.9. The van der Waals surface area contributed by atoms with Crippen LogP contribution in [0.4, 0.5) is 5.69 Å². The lowest BCUT2D eigenvalue weighted by atomic mass is 10.2. The second-order valence-corrected chi connectivity index (χ2v) is 4.27. The summed E-state index contributed by atoms with van der Waals surface area (Å²) in [6.45, 7) is 0. The van der Waals surface area contributed by atoms with Gasteiger partial charge in [0.25, 0.3) is 0 Å². The number of benzene rings is 1. The Labute approximate surface area is 90.3 Å². The third-order valence-corrected chi connectivity index (χ3v) is 2.81. The van der Waals surface area contributed by atoms with E-state index in [2.05, 4.69) is 21.2 Å². The first-order chi connectivity index (χ1) is 6.66. The molecule has 74 valence electrons. The molecule has 1 aromatic carbocycles. The maximum absolute atomic E-state index is 10.7. The SMILES string of the molecule is O=C(O)c1ccc(NC2CC2)c(Br)c1. The van der Waals surface area contributed by atoms with E-state index in [0.717, 1.165) is 10.2 Å². The van der Waals surface area contributed by atoms with Crippen molar-refractivity contribution in [1.82, 2.24) is 0 Å². The van der Waals surface area contributed by atoms with E-state index in [1.807, 2.05) is 0 Å². The molecule has 0 amide bonds. The third-order valence-electron chi connectivity index (χ3n) is 2.15. The first-order valence-corrected chi connectivity index (χ1v) is 5.25. The molecule has 0 unspecified atom stereocenters. The molecule has 3 nitrogen and oxygen atoms in total. The average Bonchev–Trinajstić information content (AvgIpc) is 2.92. The maximum atomic E-state index is 10.7. The Hall–Kier alpha value is -1.03. The zero-order valence-corrected chi connectivity index (χ0v) is 9.04. The predicted octanol–water partition coefficient (Wildman–Crippen LogP) is 2.72. The molecule has 0 spiro atoms. The minimum Gasteiger partial charge on any atom is -0.478 e. The summed E-state index contributed by atoms with van der Waals surface area (Å²) in [6.07, 6.45) is 2.40. The van der Waals surface area contributed by atoms with Crippen LogP contribution in [0.3, 0.4) is 0 Å². The molecular formula is C10H10BrNO2. The molecular weight excluding hydrogens is 246 g/mol. The topological polar surface area (TPSA) is 49.3 Å². The molecule has 0 atom stereocenters. The smallest absolute Gasteiger partial charge is 0.335 e. The van der Waals surface area contributed by atoms with E-state index >= 15 is 0 Å². The highest BCUT2D eigenvalue weighted by Crippen LogP contribution is 2.30. The molecule has 1 aliphatic carbocycles. The summed E-state index contributed by atoms with van der Waals surface area (Å²) >= 11 is 3.35. The first kappa shape index (κ1) is 9.52. The molecule has 1 aromatic rings. The minimum atomic E-state index is -0.899. The summed E-state index contributed by atoms with van der Waals surface area (Å²) in [5.41, 5.74) is 1.27. The van der Waals surface area contributed by atoms with Gasteiger partial charge in [-0.25, -0.2) is 4.79 Å². The molecule has 1 saturated carbocycles. The lowest BCUT2D eigenvalue weighted by Crippen LogP contribution is -2.03. The van der Waals surface area contributed by atoms with E-state index in [0.29, 0.717) is 11.6 Å². The Morgan fingerprint density at radius 3 is 2.71 bits per heavy atom. The van der Waals surface area contributed by atoms with Crippen molar-refractivity contribution in [2.45, 2.75) is 18.9 Å². The maximum Gasteiger partial charge on any atom is 0.335 e. The number of halogens is 1. The normalized spacial score (nSPS) is 15.2. The Morgan fingerprint density at radius 2 is 2.21 bits per heavy atom. The number of carboxylic acid groups (broad SMARTS) is 1. The van der Waals surface area contributed by atoms with E-state index in [1.54, 1.807) is 18.2 Å². The van der Waals surface area contributed by atoms with Gasteiger partial charge in [-0.15, -0.1) is 0 Å². The second-order valence-electron chi connectivity index (χ2n) is 3.42. The molecule has 2 rings (SSSR count). The van der Waals surface area contributed by atoms with Gasteiger partial charge in [0.05, 0.1) is 5.56 Å². The van der Waals surface area contributed by atoms with Gasteiger partial charge >= 0.3 is 5.97 Å². The van der Waals surface area contributed by atoms with Crippen LogP contribution >= 0.6 is 15.9 Å². The van der Waals surface area contributed by atoms with E-state index < -0.39 is 5.97 Å². The van der Waals surface area contributed by atoms with Crippen molar-refractivity contribution in [3.8, 4) is 0 Å². The van der Waals surface area contributed by atoms with Crippen LogP contribution in [-0.2, 0) is 0 Å². The summed E-state index contributed by atoms with van der Waals surface area (Å²) in [6, 6.07) is 5.60. The van der Waals surface area contributed by atoms with E-state index in [4.69, 9.17) is 5.11 Å². The molecule has 0 saturated heterocycles. The molecule has 0 aliphatic heterocycles. The molecule has 0 radical (unpaired) electrons. The fourth-order valence-corrected chi connectivity index (χ4v) is 1.71. The third kappa shape index (κ3) is 2.07. The van der Waals surface area contributed by atoms with E-state index in [-0.39, 0.29) is 0 Å². The lowest BCUT2D eigenvalue weighted by Gasteiger charge is -2.07. The molecule has 0 bridgehead atoms. The van der Waals surface area contributed by atoms with Gasteiger partial charge in [0, 0.05) is 16.2 Å². The lowest BCUT2D eigenvalue weighted by molar-refractivity contribution is 0.0697. The molecule has 4 heteroatoms. The van der Waals surface area contributed by atoms with Gasteiger partial charge in [-0.05, 0) is 47.0 Å². The fraction of sp³-hybridized carbons (Fsp3) is 0.300. The zero-order chi connectivity index (χ0) is 10.1. The number of aromatic carboxylic acids is 1. The summed E-state index contributed by atoms with van der Waals surface area (Å²) in [4.78, 5) is 10.7. The Kier molecular flexibility index (Phi) is 2.46. The average molecular weight is 256 g/mol. The van der Waals surface area contributed by atoms with Gasteiger partial charge in [0.1, 0.15) is 0 Å². The Morgan fingerprint density at radius 1 is 1.50 bits per heavy atom. The summed E-state index contributed by atoms with van der Waals surface area (Å²) < 4.78 is 0.810. The van der Waals surface area contributed by atoms with Crippen molar-refractivity contribution in [2.75, 3.05) is 5.32 Å². The highest BCUT2D eigenvalue weighted by molar-refractivity contribution is 9.10. The van der Waals surface area contributed by atoms with Crippen LogP contribution in [-0.4, -0.2) is 17.1 Å². The summed E-state index contributed by atoms with van der Waals surface area (Å²) in [5, 5.41) is 12.1. The second kappa shape index (κ2) is 3.61. The highest BCUT2D eigenvalue weighted by Gasteiger charge is 2.21. The standard InChI is InChI=1S/C10H10BrNO2/c11-8-5-6(10(13)14)1-4-9(8)12-7-2-3-7/h1,4-5,7,12H,2-3H2,(H,13,14). The van der Waals surface area contributed by atoms with Gasteiger partial charge in [0.2, 0.25) is 0 Å². The quantitative estimate of drug-likeness (QED) is 0.874. The Bertz CT molecular complexity index is 374. The van der Waals surface area contributed by atoms with Crippen LogP contribution in [0, 0.1) is 0 Å². The number of rotatable bonds is 3. The van der Waals surface area contributed by atoms with Crippen molar-refractivity contribution >= 4 is 27.6 Å². The number of carboxylic acids is 1. The first-order valence-electron chi connectivity index (χ1n) is 4.46. The van der Waals surface area contributed by atoms with Gasteiger partial charge in [-0.2, -0.15) is 0 Å². The minimum absolute atomic E-state index is 0.304. The monoisotopic (exact) mass is 255 g/mol. The van der Waals surface area contributed by atoms with Crippen LogP contribution < -0.4 is 5.32 Å². The number of hydrogen-bond donors (Lipinski definition) is 2. The number of nitrogens with one attached hydrogen (secondary N) is 1. The number of hydrogen-bond acceptors (Lipinski definition) is 2. The van der Waals surface area contributed by atoms with Crippen LogP contribution in [0.25, 0.3) is 0 Å². The summed E-state index contributed by atoms with van der Waals surface area (Å²) in [5.74, 6) is -0.899. The van der Waals surface area contributed by atoms with Crippen molar-refractivity contribution < 1.29 is 9.90 Å². The fourth-order valence-electron chi connectivity index (χ4n) is 1.21. The van der Waals surface area contributed by atoms with Crippen molar-refractivity contribution in [3.05, 3.63) is 28.2 Å². The number of anilines is 1. The molecule has 2 N–H and O–H groups in total. The zero-order valence-electron chi connectivity index (χ0n) is 7.46. The van der Waals surface area contributed by atoms with Gasteiger partial charge < -0.3 is 10.4 Å².